The van der Waals surface area contributed by atoms with Gasteiger partial charge in [0.1, 0.15) is 10.7 Å². The number of fused-ring (bicyclic) bond motifs is 3. The number of thiophene rings is 1. The molecular formula is C16H16N4O2S3. The van der Waals surface area contributed by atoms with Gasteiger partial charge in [-0.25, -0.2) is 9.97 Å². The highest BCUT2D eigenvalue weighted by molar-refractivity contribution is 7.98. The maximum Gasteiger partial charge on any atom is 0.259 e. The molecule has 3 aromatic heterocycles. The zero-order valence-electron chi connectivity index (χ0n) is 13.3. The number of anilines is 1. The van der Waals surface area contributed by atoms with Crippen molar-refractivity contribution in [3.05, 3.63) is 38.2 Å². The lowest BCUT2D eigenvalue weighted by Gasteiger charge is -2.03. The Kier molecular flexibility index (Phi) is 4.87. The van der Waals surface area contributed by atoms with Crippen LogP contribution in [0.5, 0.6) is 0 Å². The topological polar surface area (TPSA) is 87.7 Å². The van der Waals surface area contributed by atoms with Gasteiger partial charge in [-0.15, -0.1) is 22.7 Å². The van der Waals surface area contributed by atoms with Gasteiger partial charge in [0.05, 0.1) is 11.1 Å². The predicted octanol–water partition coefficient (Wildman–Crippen LogP) is 3.19. The Balaban J connectivity index is 1.34. The second-order valence-electron chi connectivity index (χ2n) is 5.74. The van der Waals surface area contributed by atoms with Gasteiger partial charge in [-0.3, -0.25) is 9.59 Å². The Morgan fingerprint density at radius 3 is 3.16 bits per heavy atom. The second-order valence-corrected chi connectivity index (χ2v) is 8.82. The van der Waals surface area contributed by atoms with E-state index in [1.165, 1.54) is 21.8 Å². The molecule has 1 aliphatic rings. The average Bonchev–Trinajstić information content (AvgIpc) is 3.28. The molecule has 0 aromatic carbocycles. The minimum atomic E-state index is -0.0472. The van der Waals surface area contributed by atoms with E-state index in [-0.39, 0.29) is 11.5 Å². The Hall–Kier alpha value is -1.71. The number of thioether (sulfide) groups is 1. The van der Waals surface area contributed by atoms with Crippen molar-refractivity contribution in [2.24, 2.45) is 0 Å². The molecule has 3 aromatic rings. The van der Waals surface area contributed by atoms with E-state index in [1.807, 2.05) is 5.38 Å². The third-order valence-corrected chi connectivity index (χ3v) is 6.86. The van der Waals surface area contributed by atoms with E-state index >= 15 is 0 Å². The van der Waals surface area contributed by atoms with Crippen molar-refractivity contribution in [2.45, 2.75) is 31.4 Å². The van der Waals surface area contributed by atoms with Crippen LogP contribution in [0.3, 0.4) is 0 Å². The van der Waals surface area contributed by atoms with Gasteiger partial charge in [-0.1, -0.05) is 0 Å². The molecule has 130 valence electrons. The fourth-order valence-corrected chi connectivity index (χ4v) is 5.55. The second kappa shape index (κ2) is 7.27. The number of aromatic amines is 1. The maximum atomic E-state index is 12.4. The molecule has 25 heavy (non-hydrogen) atoms. The summed E-state index contributed by atoms with van der Waals surface area (Å²) < 4.78 is 0. The molecule has 0 spiro atoms. The number of nitrogens with one attached hydrogen (secondary N) is 2. The molecule has 9 heteroatoms. The van der Waals surface area contributed by atoms with Gasteiger partial charge < -0.3 is 10.3 Å². The van der Waals surface area contributed by atoms with Gasteiger partial charge in [0.15, 0.2) is 5.13 Å². The normalized spacial score (nSPS) is 13.3. The summed E-state index contributed by atoms with van der Waals surface area (Å²) in [7, 11) is 0. The number of aryl methyl sites for hydroxylation is 2. The summed E-state index contributed by atoms with van der Waals surface area (Å²) >= 11 is 4.64. The Morgan fingerprint density at radius 2 is 2.32 bits per heavy atom. The molecule has 1 aliphatic carbocycles. The highest BCUT2D eigenvalue weighted by Crippen LogP contribution is 2.34. The van der Waals surface area contributed by atoms with Crippen LogP contribution in [0.1, 0.15) is 29.1 Å². The van der Waals surface area contributed by atoms with Crippen molar-refractivity contribution >= 4 is 55.7 Å². The molecule has 0 fully saturated rings. The summed E-state index contributed by atoms with van der Waals surface area (Å²) in [4.78, 5) is 37.9. The first-order chi connectivity index (χ1) is 12.2. The number of H-pyrrole nitrogens is 1. The fourth-order valence-electron chi connectivity index (χ4n) is 2.92. The van der Waals surface area contributed by atoms with Crippen molar-refractivity contribution in [1.29, 1.82) is 0 Å². The van der Waals surface area contributed by atoms with Gasteiger partial charge in [0.2, 0.25) is 5.91 Å². The van der Waals surface area contributed by atoms with Gasteiger partial charge in [-0.05, 0) is 24.8 Å². The smallest absolute Gasteiger partial charge is 0.259 e. The molecule has 0 atom stereocenters. The number of thiazole rings is 1. The zero-order chi connectivity index (χ0) is 17.2. The average molecular weight is 393 g/mol. The van der Waals surface area contributed by atoms with E-state index in [0.29, 0.717) is 28.9 Å². The van der Waals surface area contributed by atoms with Crippen molar-refractivity contribution in [2.75, 3.05) is 11.1 Å². The van der Waals surface area contributed by atoms with Crippen LogP contribution < -0.4 is 10.9 Å². The van der Waals surface area contributed by atoms with Crippen molar-refractivity contribution in [3.63, 3.8) is 0 Å². The number of carbonyl (C=O) groups excluding carboxylic acids is 1. The largest absolute Gasteiger partial charge is 0.309 e. The van der Waals surface area contributed by atoms with E-state index in [9.17, 15) is 9.59 Å². The van der Waals surface area contributed by atoms with Gasteiger partial charge in [0, 0.05) is 28.6 Å². The minimum absolute atomic E-state index is 0.0264. The highest BCUT2D eigenvalue weighted by atomic mass is 32.2. The first-order valence-electron chi connectivity index (χ1n) is 8.01. The van der Waals surface area contributed by atoms with Gasteiger partial charge in [0.25, 0.3) is 5.56 Å². The van der Waals surface area contributed by atoms with Gasteiger partial charge in [-0.2, -0.15) is 11.8 Å². The molecule has 0 bridgehead atoms. The molecule has 0 radical (unpaired) electrons. The highest BCUT2D eigenvalue weighted by Gasteiger charge is 2.21. The molecule has 0 saturated carbocycles. The van der Waals surface area contributed by atoms with Crippen molar-refractivity contribution in [3.8, 4) is 0 Å². The number of hydrogen-bond donors (Lipinski definition) is 2. The molecule has 1 amide bonds. The maximum absolute atomic E-state index is 12.4. The first-order valence-corrected chi connectivity index (χ1v) is 10.9. The summed E-state index contributed by atoms with van der Waals surface area (Å²) in [5.74, 6) is 1.90. The van der Waals surface area contributed by atoms with Gasteiger partial charge >= 0.3 is 0 Å². The molecule has 2 N–H and O–H groups in total. The Bertz CT molecular complexity index is 962. The summed E-state index contributed by atoms with van der Waals surface area (Å²) in [6.07, 6.45) is 5.26. The van der Waals surface area contributed by atoms with Crippen LogP contribution in [-0.2, 0) is 23.4 Å². The molecular weight excluding hydrogens is 376 g/mol. The van der Waals surface area contributed by atoms with Crippen molar-refractivity contribution < 1.29 is 4.79 Å². The third kappa shape index (κ3) is 3.63. The van der Waals surface area contributed by atoms with Crippen LogP contribution in [0.4, 0.5) is 5.13 Å². The minimum Gasteiger partial charge on any atom is -0.309 e. The fraction of sp³-hybridized carbons (Fsp3) is 0.375. The molecule has 4 rings (SSSR count). The quantitative estimate of drug-likeness (QED) is 0.629. The summed E-state index contributed by atoms with van der Waals surface area (Å²) in [6.45, 7) is 0. The Morgan fingerprint density at radius 1 is 1.40 bits per heavy atom. The lowest BCUT2D eigenvalue weighted by molar-refractivity contribution is -0.115. The van der Waals surface area contributed by atoms with Crippen molar-refractivity contribution in [1.82, 2.24) is 15.0 Å². The summed E-state index contributed by atoms with van der Waals surface area (Å²) in [5, 5.41) is 5.99. The number of carbonyl (C=O) groups is 1. The van der Waals surface area contributed by atoms with E-state index in [2.05, 4.69) is 20.3 Å². The standard InChI is InChI=1S/C16H16N4O2S3/c21-12(20-16-17-5-7-24-16)4-6-23-8-11-18-14(22)13-9-2-1-3-10(9)25-15(13)19-11/h5,7H,1-4,6,8H2,(H,17,20,21)(H,18,19,22). The molecule has 3 heterocycles. The number of hydrogen-bond acceptors (Lipinski definition) is 7. The van der Waals surface area contributed by atoms with E-state index < -0.39 is 0 Å². The number of nitrogens with zero attached hydrogens (tertiary/aromatic N) is 2. The lowest BCUT2D eigenvalue weighted by atomic mass is 10.2. The van der Waals surface area contributed by atoms with E-state index in [4.69, 9.17) is 0 Å². The van der Waals surface area contributed by atoms with Crippen LogP contribution in [0.2, 0.25) is 0 Å². The number of amides is 1. The first kappa shape index (κ1) is 16.7. The molecule has 0 saturated heterocycles. The third-order valence-electron chi connectivity index (χ3n) is 4.02. The Labute approximate surface area is 156 Å². The molecule has 6 nitrogen and oxygen atoms in total. The number of rotatable bonds is 6. The summed E-state index contributed by atoms with van der Waals surface area (Å²) in [5.41, 5.74) is 1.17. The van der Waals surface area contributed by atoms with E-state index in [0.717, 1.165) is 29.5 Å². The van der Waals surface area contributed by atoms with Crippen LogP contribution in [0, 0.1) is 0 Å². The zero-order valence-corrected chi connectivity index (χ0v) is 15.8. The molecule has 0 unspecified atom stereocenters. The SMILES string of the molecule is O=C(CCSCc1nc2sc3c(c2c(=O)[nH]1)CCC3)Nc1nccs1. The van der Waals surface area contributed by atoms with E-state index in [1.54, 1.807) is 29.3 Å². The van der Waals surface area contributed by atoms with Crippen LogP contribution >= 0.6 is 34.4 Å². The predicted molar refractivity (Wildman–Crippen MR) is 104 cm³/mol. The monoisotopic (exact) mass is 392 g/mol. The molecule has 0 aliphatic heterocycles. The number of aromatic nitrogens is 3. The summed E-state index contributed by atoms with van der Waals surface area (Å²) in [6, 6.07) is 0. The van der Waals surface area contributed by atoms with Crippen LogP contribution in [0.15, 0.2) is 16.4 Å². The van der Waals surface area contributed by atoms with Crippen LogP contribution in [0.25, 0.3) is 10.2 Å². The van der Waals surface area contributed by atoms with Crippen LogP contribution in [-0.4, -0.2) is 26.6 Å². The lowest BCUT2D eigenvalue weighted by Crippen LogP contribution is -2.13.